The molecule has 0 radical (unpaired) electrons. The number of amides is 1. The molecule has 87 heavy (non-hydrogen) atoms. The van der Waals surface area contributed by atoms with Crippen LogP contribution < -0.4 is 22.5 Å². The molecule has 4 unspecified atom stereocenters. The molecule has 1 amide bonds. The molecule has 27 heteroatoms. The molecule has 0 aromatic heterocycles. The molecule has 15 atom stereocenters. The summed E-state index contributed by atoms with van der Waals surface area (Å²) in [7, 11) is 0. The van der Waals surface area contributed by atoms with E-state index >= 15 is 0 Å². The molecule has 7 heterocycles. The van der Waals surface area contributed by atoms with Crippen LogP contribution in [0.15, 0.2) is 130 Å². The van der Waals surface area contributed by atoms with E-state index in [-0.39, 0.29) is 47.4 Å². The second kappa shape index (κ2) is 30.7. The van der Waals surface area contributed by atoms with Gasteiger partial charge in [0.25, 0.3) is 0 Å². The number of carbonyl (C=O) groups excluding carboxylic acids is 1. The second-order valence-electron chi connectivity index (χ2n) is 25.7. The van der Waals surface area contributed by atoms with Gasteiger partial charge in [0.15, 0.2) is 12.5 Å². The number of hydrogen-bond donors (Lipinski definition) is 10. The lowest BCUT2D eigenvalue weighted by molar-refractivity contribution is -0.117. The first kappa shape index (κ1) is 73.5. The zero-order valence-corrected chi connectivity index (χ0v) is 57.6. The van der Waals surface area contributed by atoms with E-state index in [0.29, 0.717) is 53.0 Å². The van der Waals surface area contributed by atoms with Gasteiger partial charge in [-0.3, -0.25) is 4.79 Å². The zero-order chi connectivity index (χ0) is 65.4. The third kappa shape index (κ3) is 21.4. The molecule has 3 fully saturated rings. The van der Waals surface area contributed by atoms with Crippen LogP contribution in [0.5, 0.6) is 0 Å². The number of hydrogen-bond acceptors (Lipinski definition) is 21. The van der Waals surface area contributed by atoms with E-state index in [1.54, 1.807) is 57.6 Å². The SMILES string of the molecule is C=C1N=C(N)C=CN1C1C=C(CCP(=C)(C)C)[C@@H](O)[C@H]1O.C=C1N=C(N)C=CN1C1O[C@H](CCP(=C)(C)C)[C@@H](O)[C@H]1Br.C=C1N=C(N)C=CN1C1O[C@H](CCP(=C)(C)C)[C@@H](O)[C@H]1C.C=C1N=C(NC(C)=O)C=CN1C1O[C@H](CCP(=C)(C)C)[C@@H](O)[C@H]1O. The topological polar surface area (TPSA) is 319 Å². The largest absolute Gasteiger partial charge is 0.390 e. The van der Waals surface area contributed by atoms with Gasteiger partial charge in [-0.1, -0.05) is 55.2 Å². The summed E-state index contributed by atoms with van der Waals surface area (Å²) in [5.41, 5.74) is 17.8. The molecule has 8 aliphatic rings. The molecule has 8 rings (SSSR count). The maximum absolute atomic E-state index is 11.1. The van der Waals surface area contributed by atoms with Crippen molar-refractivity contribution in [1.29, 1.82) is 0 Å². The van der Waals surface area contributed by atoms with E-state index in [0.717, 1.165) is 49.5 Å². The molecule has 3 saturated heterocycles. The van der Waals surface area contributed by atoms with E-state index in [1.807, 2.05) is 24.1 Å². The smallest absolute Gasteiger partial charge is 0.222 e. The van der Waals surface area contributed by atoms with Gasteiger partial charge in [-0.15, -0.1) is 52.7 Å². The first-order valence-electron chi connectivity index (χ1n) is 28.7. The summed E-state index contributed by atoms with van der Waals surface area (Å²) < 4.78 is 17.9. The molecular weight excluding hydrogens is 1250 g/mol. The monoisotopic (exact) mass is 1350 g/mol. The minimum absolute atomic E-state index is 0.0165. The quantitative estimate of drug-likeness (QED) is 0.0588. The Morgan fingerprint density at radius 2 is 0.931 bits per heavy atom. The first-order chi connectivity index (χ1) is 40.1. The predicted molar refractivity (Wildman–Crippen MR) is 374 cm³/mol. The fourth-order valence-electron chi connectivity index (χ4n) is 10.1. The van der Waals surface area contributed by atoms with Gasteiger partial charge in [0.2, 0.25) is 5.91 Å². The van der Waals surface area contributed by atoms with Gasteiger partial charge in [0.05, 0.1) is 41.4 Å². The fourth-order valence-corrected chi connectivity index (χ4v) is 14.6. The first-order valence-corrected chi connectivity index (χ1v) is 41.9. The maximum atomic E-state index is 11.1. The number of aliphatic hydroxyl groups is 6. The zero-order valence-electron chi connectivity index (χ0n) is 52.5. The molecule has 13 N–H and O–H groups in total. The van der Waals surface area contributed by atoms with Crippen molar-refractivity contribution in [2.45, 2.75) is 124 Å². The minimum atomic E-state index is -1.23. The number of ether oxygens (including phenoxy) is 3. The van der Waals surface area contributed by atoms with Crippen molar-refractivity contribution in [3.8, 4) is 0 Å². The lowest BCUT2D eigenvalue weighted by atomic mass is 10.00. The van der Waals surface area contributed by atoms with Crippen molar-refractivity contribution >= 4 is 97.9 Å². The van der Waals surface area contributed by atoms with Gasteiger partial charge >= 0.3 is 0 Å². The predicted octanol–water partition coefficient (Wildman–Crippen LogP) is 4.20. The summed E-state index contributed by atoms with van der Waals surface area (Å²) >= 11 is 3.53. The standard InChI is InChI=1S/C16H26N3O4P.C15H26N3O2P.C15H24N3O2P.C14H23BrN3O2P/c1-10-17-13(18-11(2)20)6-8-19(10)16-15(22)14(21)12(23-16)7-9-24(3,4)5;1-10-14(19)12(7-9-21(3,4)5)20-15(10)18-8-6-13(16)17-11(18)2;1-10-17-13(16)5-7-18(10)12-9-11(14(19)15(12)20)6-8-21(2,3)4;1-9-17-11(16)5-7-18(9)14-12(15)13(19)10(20-14)6-8-21(2,3)4/h6,8,12,14-16,21-22H,1,3,7,9H2,2,4-5H3,(H,17,18,20);6,8,10,12,14-15,19H,2-3,7,9H2,1,4-5H3,(H2,16,17);5,7,9,12,14-15,19-20H,1-2,6,8H2,3-4H3,(H2,16,17);5,7,10,12-14,19H,1-2,6,8H2,3-4H3,(H2,16,17)/t12-,14-,15-,16?;10-,12-,14+,15?;12?,14-,15+;10-,12-,13-,14?/m1111/s1. The van der Waals surface area contributed by atoms with E-state index in [2.05, 4.69) is 146 Å². The Labute approximate surface area is 525 Å². The Hall–Kier alpha value is -4.27. The van der Waals surface area contributed by atoms with Gasteiger partial charge in [0.1, 0.15) is 77.3 Å². The van der Waals surface area contributed by atoms with Crippen LogP contribution in [0.4, 0.5) is 0 Å². The van der Waals surface area contributed by atoms with E-state index in [1.165, 1.54) is 6.92 Å². The molecule has 0 aromatic rings. The van der Waals surface area contributed by atoms with Crippen molar-refractivity contribution in [3.05, 3.63) is 110 Å². The highest BCUT2D eigenvalue weighted by Gasteiger charge is 2.48. The Balaban J connectivity index is 0.000000212. The van der Waals surface area contributed by atoms with Crippen LogP contribution in [0.25, 0.3) is 0 Å². The summed E-state index contributed by atoms with van der Waals surface area (Å²) in [6, 6.07) is -0.359. The van der Waals surface area contributed by atoms with Crippen molar-refractivity contribution in [3.63, 3.8) is 0 Å². The molecule has 22 nitrogen and oxygen atoms in total. The number of aliphatic hydroxyl groups excluding tert-OH is 6. The normalized spacial score (nSPS) is 31.7. The van der Waals surface area contributed by atoms with E-state index in [9.17, 15) is 35.4 Å². The highest BCUT2D eigenvalue weighted by molar-refractivity contribution is 9.09. The molecule has 0 saturated carbocycles. The molecular formula is C60H99BrN12O10P4. The number of rotatable bonds is 16. The molecule has 7 aliphatic heterocycles. The highest BCUT2D eigenvalue weighted by atomic mass is 79.9. The van der Waals surface area contributed by atoms with Crippen molar-refractivity contribution in [1.82, 2.24) is 24.9 Å². The van der Waals surface area contributed by atoms with Crippen LogP contribution in [0.2, 0.25) is 0 Å². The van der Waals surface area contributed by atoms with Gasteiger partial charge in [-0.25, -0.2) is 20.0 Å². The lowest BCUT2D eigenvalue weighted by Gasteiger charge is -2.31. The van der Waals surface area contributed by atoms with Crippen LogP contribution in [-0.2, 0) is 19.0 Å². The number of alkyl halides is 1. The Morgan fingerprint density at radius 1 is 0.552 bits per heavy atom. The van der Waals surface area contributed by atoms with E-state index < -0.39 is 76.5 Å². The highest BCUT2D eigenvalue weighted by Crippen LogP contribution is 2.43. The summed E-state index contributed by atoms with van der Waals surface area (Å²) in [4.78, 5) is 34.4. The van der Waals surface area contributed by atoms with Crippen molar-refractivity contribution in [2.24, 2.45) is 43.1 Å². The molecule has 486 valence electrons. The summed E-state index contributed by atoms with van der Waals surface area (Å²) in [5, 5.41) is 64.5. The van der Waals surface area contributed by atoms with Crippen LogP contribution in [0, 0.1) is 5.92 Å². The third-order valence-corrected chi connectivity index (χ3v) is 21.9. The molecule has 0 spiro atoms. The second-order valence-corrected chi connectivity index (χ2v) is 44.1. The van der Waals surface area contributed by atoms with Crippen molar-refractivity contribution in [2.75, 3.05) is 78.0 Å². The number of nitrogens with two attached hydrogens (primary N) is 3. The molecule has 0 bridgehead atoms. The molecule has 0 aromatic carbocycles. The van der Waals surface area contributed by atoms with E-state index in [4.69, 9.17) is 31.4 Å². The van der Waals surface area contributed by atoms with Gasteiger partial charge in [0, 0.05) is 37.6 Å². The van der Waals surface area contributed by atoms with Gasteiger partial charge in [-0.2, -0.15) is 0 Å². The van der Waals surface area contributed by atoms with Gasteiger partial charge in [-0.05, 0) is 134 Å². The van der Waals surface area contributed by atoms with Crippen LogP contribution in [0.3, 0.4) is 0 Å². The average Bonchev–Trinajstić information content (AvgIpc) is 1.80. The fraction of sp³-hybridized carbons (Fsp3) is 0.550. The Bertz CT molecular complexity index is 2950. The average molecular weight is 1350 g/mol. The van der Waals surface area contributed by atoms with Crippen LogP contribution >= 0.6 is 43.5 Å². The van der Waals surface area contributed by atoms with Crippen LogP contribution in [-0.4, -0.2) is 267 Å². The van der Waals surface area contributed by atoms with Crippen molar-refractivity contribution < 1.29 is 49.6 Å². The maximum Gasteiger partial charge on any atom is 0.222 e. The minimum Gasteiger partial charge on any atom is -0.390 e. The summed E-state index contributed by atoms with van der Waals surface area (Å²) in [6.45, 7) is 31.5. The van der Waals surface area contributed by atoms with Crippen LogP contribution in [0.1, 0.15) is 39.5 Å². The number of carbonyl (C=O) groups is 1. The summed E-state index contributed by atoms with van der Waals surface area (Å²) in [6.07, 6.45) is 32.2. The lowest BCUT2D eigenvalue weighted by Crippen LogP contribution is -2.42. The Morgan fingerprint density at radius 3 is 1.37 bits per heavy atom. The number of halogens is 1. The Kier molecular flexibility index (Phi) is 25.9. The third-order valence-electron chi connectivity index (χ3n) is 15.1. The van der Waals surface area contributed by atoms with Gasteiger partial charge < -0.3 is 87.0 Å². The summed E-state index contributed by atoms with van der Waals surface area (Å²) in [5.74, 6) is 3.21. The molecule has 1 aliphatic carbocycles. The number of nitrogens with zero attached hydrogens (tertiary/aromatic N) is 8. The number of amidine groups is 4. The number of aliphatic imine (C=N–C) groups is 4. The number of nitrogens with one attached hydrogen (secondary N) is 1.